The van der Waals surface area contributed by atoms with Crippen LogP contribution < -0.4 is 10.6 Å². The SMILES string of the molecule is C=CCNC(=S)Nc1n[nH]c(C)n1. The van der Waals surface area contributed by atoms with Crippen molar-refractivity contribution in [1.82, 2.24) is 20.5 Å². The first-order valence-electron chi connectivity index (χ1n) is 3.77. The first kappa shape index (κ1) is 9.66. The van der Waals surface area contributed by atoms with Gasteiger partial charge < -0.3 is 5.32 Å². The molecule has 0 aliphatic rings. The number of hydrogen-bond acceptors (Lipinski definition) is 3. The van der Waals surface area contributed by atoms with Gasteiger partial charge in [-0.15, -0.1) is 11.7 Å². The number of anilines is 1. The van der Waals surface area contributed by atoms with E-state index in [0.717, 1.165) is 5.82 Å². The number of hydrogen-bond donors (Lipinski definition) is 3. The Morgan fingerprint density at radius 3 is 3.08 bits per heavy atom. The van der Waals surface area contributed by atoms with Gasteiger partial charge in [0, 0.05) is 6.54 Å². The molecule has 0 aromatic carbocycles. The fourth-order valence-corrected chi connectivity index (χ4v) is 0.884. The van der Waals surface area contributed by atoms with Crippen LogP contribution in [0.2, 0.25) is 0 Å². The highest BCUT2D eigenvalue weighted by atomic mass is 32.1. The minimum absolute atomic E-state index is 0.471. The second-order valence-electron chi connectivity index (χ2n) is 2.37. The fraction of sp³-hybridized carbons (Fsp3) is 0.286. The molecular formula is C7H11N5S. The topological polar surface area (TPSA) is 65.6 Å². The molecule has 6 heteroatoms. The van der Waals surface area contributed by atoms with Crippen LogP contribution in [0.4, 0.5) is 5.95 Å². The van der Waals surface area contributed by atoms with Crippen LogP contribution in [-0.4, -0.2) is 26.8 Å². The van der Waals surface area contributed by atoms with Crippen molar-refractivity contribution in [1.29, 1.82) is 0 Å². The summed E-state index contributed by atoms with van der Waals surface area (Å²) in [6.07, 6.45) is 1.72. The lowest BCUT2D eigenvalue weighted by Crippen LogP contribution is -2.28. The van der Waals surface area contributed by atoms with Crippen molar-refractivity contribution in [3.63, 3.8) is 0 Å². The van der Waals surface area contributed by atoms with E-state index in [2.05, 4.69) is 32.4 Å². The minimum atomic E-state index is 0.471. The number of thiocarbonyl (C=S) groups is 1. The van der Waals surface area contributed by atoms with Gasteiger partial charge in [0.05, 0.1) is 0 Å². The summed E-state index contributed by atoms with van der Waals surface area (Å²) in [7, 11) is 0. The van der Waals surface area contributed by atoms with E-state index < -0.39 is 0 Å². The van der Waals surface area contributed by atoms with E-state index in [0.29, 0.717) is 17.6 Å². The Labute approximate surface area is 81.6 Å². The quantitative estimate of drug-likeness (QED) is 0.489. The van der Waals surface area contributed by atoms with Crippen LogP contribution in [0.1, 0.15) is 5.82 Å². The summed E-state index contributed by atoms with van der Waals surface area (Å²) in [5, 5.41) is 12.8. The van der Waals surface area contributed by atoms with Gasteiger partial charge in [0.25, 0.3) is 0 Å². The van der Waals surface area contributed by atoms with Crippen molar-refractivity contribution in [2.24, 2.45) is 0 Å². The predicted octanol–water partition coefficient (Wildman–Crippen LogP) is 0.586. The average Bonchev–Trinajstić information content (AvgIpc) is 2.48. The molecule has 1 aromatic rings. The predicted molar refractivity (Wildman–Crippen MR) is 55.5 cm³/mol. The molecule has 0 spiro atoms. The van der Waals surface area contributed by atoms with Crippen LogP contribution in [0.25, 0.3) is 0 Å². The zero-order valence-electron chi connectivity index (χ0n) is 7.29. The standard InChI is InChI=1S/C7H11N5S/c1-3-4-8-7(13)10-6-9-5(2)11-12-6/h3H,1,4H2,2H3,(H3,8,9,10,11,12,13). The summed E-state index contributed by atoms with van der Waals surface area (Å²) in [4.78, 5) is 4.03. The van der Waals surface area contributed by atoms with Crippen LogP contribution in [0.15, 0.2) is 12.7 Å². The van der Waals surface area contributed by atoms with Crippen molar-refractivity contribution < 1.29 is 0 Å². The van der Waals surface area contributed by atoms with Crippen LogP contribution >= 0.6 is 12.2 Å². The molecule has 1 heterocycles. The lowest BCUT2D eigenvalue weighted by atomic mass is 10.6. The van der Waals surface area contributed by atoms with Gasteiger partial charge in [-0.2, -0.15) is 4.98 Å². The lowest BCUT2D eigenvalue weighted by Gasteiger charge is -2.03. The molecule has 13 heavy (non-hydrogen) atoms. The Balaban J connectivity index is 2.40. The van der Waals surface area contributed by atoms with Gasteiger partial charge in [-0.05, 0) is 19.1 Å². The molecule has 5 nitrogen and oxygen atoms in total. The summed E-state index contributed by atoms with van der Waals surface area (Å²) < 4.78 is 0. The van der Waals surface area contributed by atoms with Crippen molar-refractivity contribution in [2.75, 3.05) is 11.9 Å². The van der Waals surface area contributed by atoms with Gasteiger partial charge in [-0.25, -0.2) is 0 Å². The molecule has 0 unspecified atom stereocenters. The Bertz CT molecular complexity index is 306. The number of rotatable bonds is 3. The number of aromatic amines is 1. The zero-order chi connectivity index (χ0) is 9.68. The number of nitrogens with one attached hydrogen (secondary N) is 3. The molecule has 0 bridgehead atoms. The highest BCUT2D eigenvalue weighted by Gasteiger charge is 2.00. The van der Waals surface area contributed by atoms with Crippen LogP contribution in [0, 0.1) is 6.92 Å². The van der Waals surface area contributed by atoms with Crippen molar-refractivity contribution in [3.05, 3.63) is 18.5 Å². The van der Waals surface area contributed by atoms with Gasteiger partial charge in [-0.1, -0.05) is 6.08 Å². The summed E-state index contributed by atoms with van der Waals surface area (Å²) in [5.74, 6) is 1.22. The number of aryl methyl sites for hydroxylation is 1. The Kier molecular flexibility index (Phi) is 3.39. The normalized spacial score (nSPS) is 9.31. The second kappa shape index (κ2) is 4.56. The molecule has 0 fully saturated rings. The summed E-state index contributed by atoms with van der Waals surface area (Å²) >= 11 is 4.95. The third kappa shape index (κ3) is 3.20. The Morgan fingerprint density at radius 1 is 1.77 bits per heavy atom. The maximum absolute atomic E-state index is 4.95. The highest BCUT2D eigenvalue weighted by molar-refractivity contribution is 7.80. The summed E-state index contributed by atoms with van der Waals surface area (Å²) in [5.41, 5.74) is 0. The monoisotopic (exact) mass is 197 g/mol. The van der Waals surface area contributed by atoms with Gasteiger partial charge in [0.15, 0.2) is 5.11 Å². The molecule has 0 aliphatic carbocycles. The average molecular weight is 197 g/mol. The summed E-state index contributed by atoms with van der Waals surface area (Å²) in [6, 6.07) is 0. The van der Waals surface area contributed by atoms with E-state index in [4.69, 9.17) is 12.2 Å². The van der Waals surface area contributed by atoms with Gasteiger partial charge in [-0.3, -0.25) is 10.4 Å². The van der Waals surface area contributed by atoms with E-state index in [1.165, 1.54) is 0 Å². The van der Waals surface area contributed by atoms with Crippen molar-refractivity contribution >= 4 is 23.3 Å². The van der Waals surface area contributed by atoms with E-state index in [9.17, 15) is 0 Å². The molecule has 70 valence electrons. The minimum Gasteiger partial charge on any atom is -0.359 e. The molecule has 1 aromatic heterocycles. The van der Waals surface area contributed by atoms with Gasteiger partial charge in [0.2, 0.25) is 5.95 Å². The fourth-order valence-electron chi connectivity index (χ4n) is 0.709. The van der Waals surface area contributed by atoms with E-state index in [-0.39, 0.29) is 0 Å². The van der Waals surface area contributed by atoms with E-state index >= 15 is 0 Å². The molecule has 0 saturated carbocycles. The number of H-pyrrole nitrogens is 1. The molecule has 0 radical (unpaired) electrons. The van der Waals surface area contributed by atoms with Crippen molar-refractivity contribution in [2.45, 2.75) is 6.92 Å². The zero-order valence-corrected chi connectivity index (χ0v) is 8.11. The second-order valence-corrected chi connectivity index (χ2v) is 2.78. The third-order valence-electron chi connectivity index (χ3n) is 1.23. The van der Waals surface area contributed by atoms with E-state index in [1.807, 2.05) is 6.92 Å². The molecule has 0 atom stereocenters. The maximum atomic E-state index is 4.95. The highest BCUT2D eigenvalue weighted by Crippen LogP contribution is 1.95. The number of aromatic nitrogens is 3. The van der Waals surface area contributed by atoms with Gasteiger partial charge in [0.1, 0.15) is 5.82 Å². The molecule has 0 aliphatic heterocycles. The smallest absolute Gasteiger partial charge is 0.248 e. The molecule has 0 saturated heterocycles. The first-order valence-corrected chi connectivity index (χ1v) is 4.18. The molecule has 0 amide bonds. The lowest BCUT2D eigenvalue weighted by molar-refractivity contribution is 1.03. The summed E-state index contributed by atoms with van der Waals surface area (Å²) in [6.45, 7) is 5.99. The maximum Gasteiger partial charge on any atom is 0.248 e. The van der Waals surface area contributed by atoms with E-state index in [1.54, 1.807) is 6.08 Å². The van der Waals surface area contributed by atoms with Crippen LogP contribution in [-0.2, 0) is 0 Å². The Hall–Kier alpha value is -1.43. The first-order chi connectivity index (χ1) is 6.22. The molecule has 1 rings (SSSR count). The van der Waals surface area contributed by atoms with Crippen LogP contribution in [0.3, 0.4) is 0 Å². The molecule has 3 N–H and O–H groups in total. The number of nitrogens with zero attached hydrogens (tertiary/aromatic N) is 2. The molecular weight excluding hydrogens is 186 g/mol. The van der Waals surface area contributed by atoms with Crippen LogP contribution in [0.5, 0.6) is 0 Å². The largest absolute Gasteiger partial charge is 0.359 e. The van der Waals surface area contributed by atoms with Gasteiger partial charge >= 0.3 is 0 Å². The third-order valence-corrected chi connectivity index (χ3v) is 1.48. The van der Waals surface area contributed by atoms with Crippen molar-refractivity contribution in [3.8, 4) is 0 Å². The Morgan fingerprint density at radius 2 is 2.54 bits per heavy atom.